The molecule has 2 aromatic rings. The fourth-order valence-corrected chi connectivity index (χ4v) is 6.01. The van der Waals surface area contributed by atoms with E-state index in [2.05, 4.69) is 0 Å². The van der Waals surface area contributed by atoms with Crippen LogP contribution in [0.4, 0.5) is 4.79 Å². The van der Waals surface area contributed by atoms with Gasteiger partial charge in [0, 0.05) is 4.75 Å². The van der Waals surface area contributed by atoms with Crippen molar-refractivity contribution in [2.45, 2.75) is 48.7 Å². The number of phenols is 1. The van der Waals surface area contributed by atoms with Gasteiger partial charge < -0.3 is 25.6 Å². The molecule has 0 radical (unpaired) electrons. The Hall–Kier alpha value is -3.57. The first-order valence-corrected chi connectivity index (χ1v) is 11.7. The number of aliphatic carboxylic acids is 1. The van der Waals surface area contributed by atoms with Crippen molar-refractivity contribution in [1.29, 1.82) is 0 Å². The average Bonchev–Trinajstić information content (AvgIpc) is 3.08. The topological polar surface area (TPSA) is 150 Å². The monoisotopic (exact) mass is 499 g/mol. The van der Waals surface area contributed by atoms with E-state index in [0.717, 1.165) is 0 Å². The Balaban J connectivity index is 1.63. The van der Waals surface area contributed by atoms with E-state index >= 15 is 0 Å². The van der Waals surface area contributed by atoms with Crippen molar-refractivity contribution in [1.82, 2.24) is 9.80 Å². The number of hydrogen-bond donors (Lipinski definition) is 3. The minimum atomic E-state index is -1.32. The van der Waals surface area contributed by atoms with Gasteiger partial charge in [-0.25, -0.2) is 14.5 Å². The van der Waals surface area contributed by atoms with E-state index in [1.54, 1.807) is 44.2 Å². The van der Waals surface area contributed by atoms with E-state index in [9.17, 15) is 29.4 Å². The van der Waals surface area contributed by atoms with Crippen molar-refractivity contribution in [2.24, 2.45) is 5.73 Å². The summed E-state index contributed by atoms with van der Waals surface area (Å²) in [6.45, 7) is 3.26. The highest BCUT2D eigenvalue weighted by molar-refractivity contribution is 8.01. The number of nitrogens with zero attached hydrogens (tertiary/aromatic N) is 2. The molecule has 35 heavy (non-hydrogen) atoms. The van der Waals surface area contributed by atoms with Crippen molar-refractivity contribution in [3.05, 3.63) is 65.7 Å². The number of hydrogen-bond acceptors (Lipinski definition) is 8. The van der Waals surface area contributed by atoms with Gasteiger partial charge in [0.1, 0.15) is 29.8 Å². The lowest BCUT2D eigenvalue weighted by molar-refractivity contribution is -0.167. The van der Waals surface area contributed by atoms with Gasteiger partial charge in [-0.3, -0.25) is 9.59 Å². The number of carboxylic acid groups (broad SMARTS) is 1. The van der Waals surface area contributed by atoms with Crippen LogP contribution in [0.1, 0.15) is 31.0 Å². The van der Waals surface area contributed by atoms with Gasteiger partial charge in [0.05, 0.1) is 0 Å². The van der Waals surface area contributed by atoms with Crippen LogP contribution in [0.3, 0.4) is 0 Å². The normalized spacial score (nSPS) is 23.1. The average molecular weight is 500 g/mol. The summed E-state index contributed by atoms with van der Waals surface area (Å²) in [5, 5.41) is 18.5. The molecule has 11 heteroatoms. The molecule has 1 unspecified atom stereocenters. The molecule has 0 aromatic heterocycles. The van der Waals surface area contributed by atoms with Gasteiger partial charge in [-0.15, -0.1) is 11.8 Å². The molecule has 3 amide bonds. The fraction of sp³-hybridized carbons (Fsp3) is 0.333. The minimum absolute atomic E-state index is 0.0263. The van der Waals surface area contributed by atoms with E-state index in [4.69, 9.17) is 10.5 Å². The molecule has 2 saturated heterocycles. The van der Waals surface area contributed by atoms with Gasteiger partial charge in [0.2, 0.25) is 0 Å². The first kappa shape index (κ1) is 24.6. The van der Waals surface area contributed by atoms with Crippen LogP contribution in [0, 0.1) is 0 Å². The lowest BCUT2D eigenvalue weighted by atomic mass is 9.94. The molecule has 0 aliphatic carbocycles. The predicted octanol–water partition coefficient (Wildman–Crippen LogP) is 2.07. The van der Waals surface area contributed by atoms with Crippen LogP contribution in [0.2, 0.25) is 0 Å². The molecule has 2 aliphatic rings. The third-order valence-electron chi connectivity index (χ3n) is 6.08. The number of carboxylic acids is 1. The van der Waals surface area contributed by atoms with Gasteiger partial charge in [-0.1, -0.05) is 42.5 Å². The van der Waals surface area contributed by atoms with Gasteiger partial charge >= 0.3 is 12.1 Å². The van der Waals surface area contributed by atoms with Gasteiger partial charge in [0.15, 0.2) is 6.04 Å². The molecule has 2 aromatic carbocycles. The zero-order chi connectivity index (χ0) is 25.5. The van der Waals surface area contributed by atoms with Crippen molar-refractivity contribution in [3.63, 3.8) is 0 Å². The summed E-state index contributed by atoms with van der Waals surface area (Å²) >= 11 is 1.20. The third kappa shape index (κ3) is 4.44. The summed E-state index contributed by atoms with van der Waals surface area (Å²) in [5.41, 5.74) is 7.16. The van der Waals surface area contributed by atoms with E-state index < -0.39 is 52.1 Å². The number of rotatable bonds is 6. The zero-order valence-corrected chi connectivity index (χ0v) is 19.8. The van der Waals surface area contributed by atoms with Crippen molar-refractivity contribution >= 4 is 35.6 Å². The largest absolute Gasteiger partial charge is 0.508 e. The second-order valence-electron chi connectivity index (χ2n) is 8.86. The van der Waals surface area contributed by atoms with Crippen LogP contribution >= 0.6 is 11.8 Å². The summed E-state index contributed by atoms with van der Waals surface area (Å²) in [5.74, 6) is -2.73. The molecular weight excluding hydrogens is 474 g/mol. The van der Waals surface area contributed by atoms with Gasteiger partial charge in [-0.05, 0) is 37.1 Å². The highest BCUT2D eigenvalue weighted by Gasteiger charge is 2.67. The molecule has 4 atom stereocenters. The molecule has 0 saturated carbocycles. The van der Waals surface area contributed by atoms with E-state index in [1.807, 2.05) is 0 Å². The first-order valence-electron chi connectivity index (χ1n) is 10.8. The molecule has 2 heterocycles. The third-order valence-corrected chi connectivity index (χ3v) is 7.64. The van der Waals surface area contributed by atoms with Crippen LogP contribution in [0.15, 0.2) is 54.6 Å². The molecule has 184 valence electrons. The van der Waals surface area contributed by atoms with Gasteiger partial charge in [0.25, 0.3) is 11.8 Å². The number of thioether (sulfide) groups is 1. The standard InChI is InChI=1S/C24H25N3O7S/c1-24(2)18(22(31)32)27-20(30)17(21(27)35-24)26(23(33)34-12-13-6-4-3-5-7-13)19(29)16(25)14-8-10-15(28)11-9-14/h3-11,16-18,21,28H,12,25H2,1-2H3,(H,31,32)/t16?,17-,18+,21-/m1/s1. The number of nitrogens with two attached hydrogens (primary N) is 1. The molecular formula is C24H25N3O7S. The number of carbonyl (C=O) groups excluding carboxylic acids is 3. The Kier molecular flexibility index (Phi) is 6.48. The van der Waals surface area contributed by atoms with Crippen LogP contribution in [0.5, 0.6) is 5.75 Å². The van der Waals surface area contributed by atoms with Gasteiger partial charge in [-0.2, -0.15) is 0 Å². The quantitative estimate of drug-likeness (QED) is 0.508. The molecule has 10 nitrogen and oxygen atoms in total. The number of fused-ring (bicyclic) bond motifs is 1. The number of phenolic OH excluding ortho intramolecular Hbond substituents is 1. The number of ether oxygens (including phenoxy) is 1. The smallest absolute Gasteiger partial charge is 0.417 e. The van der Waals surface area contributed by atoms with E-state index in [0.29, 0.717) is 16.0 Å². The zero-order valence-electron chi connectivity index (χ0n) is 19.0. The summed E-state index contributed by atoms with van der Waals surface area (Å²) in [7, 11) is 0. The number of β-lactam (4-membered cyclic amide) rings is 1. The van der Waals surface area contributed by atoms with Crippen molar-refractivity contribution < 1.29 is 34.1 Å². The highest BCUT2D eigenvalue weighted by atomic mass is 32.2. The lowest BCUT2D eigenvalue weighted by Crippen LogP contribution is -2.72. The molecule has 2 aliphatic heterocycles. The van der Waals surface area contributed by atoms with Crippen LogP contribution in [0.25, 0.3) is 0 Å². The van der Waals surface area contributed by atoms with Crippen LogP contribution in [-0.4, -0.2) is 66.1 Å². The molecule has 4 rings (SSSR count). The lowest BCUT2D eigenvalue weighted by Gasteiger charge is -2.47. The summed E-state index contributed by atoms with van der Waals surface area (Å²) in [6.07, 6.45) is -1.05. The Bertz CT molecular complexity index is 1160. The molecule has 4 N–H and O–H groups in total. The summed E-state index contributed by atoms with van der Waals surface area (Å²) in [4.78, 5) is 53.6. The maximum Gasteiger partial charge on any atom is 0.417 e. The summed E-state index contributed by atoms with van der Waals surface area (Å²) in [6, 6.07) is 10.7. The van der Waals surface area contributed by atoms with Crippen LogP contribution in [-0.2, 0) is 25.7 Å². The second-order valence-corrected chi connectivity index (χ2v) is 10.6. The van der Waals surface area contributed by atoms with Crippen molar-refractivity contribution in [2.75, 3.05) is 0 Å². The number of aromatic hydroxyl groups is 1. The number of imide groups is 1. The first-order chi connectivity index (χ1) is 16.5. The predicted molar refractivity (Wildman–Crippen MR) is 126 cm³/mol. The highest BCUT2D eigenvalue weighted by Crippen LogP contribution is 2.52. The molecule has 0 spiro atoms. The Morgan fingerprint density at radius 3 is 2.37 bits per heavy atom. The summed E-state index contributed by atoms with van der Waals surface area (Å²) < 4.78 is 4.53. The van der Waals surface area contributed by atoms with Crippen LogP contribution < -0.4 is 5.73 Å². The second kappa shape index (κ2) is 9.23. The Morgan fingerprint density at radius 1 is 1.14 bits per heavy atom. The fourth-order valence-electron chi connectivity index (χ4n) is 4.33. The maximum absolute atomic E-state index is 13.5. The van der Waals surface area contributed by atoms with Crippen molar-refractivity contribution in [3.8, 4) is 5.75 Å². The minimum Gasteiger partial charge on any atom is -0.508 e. The SMILES string of the molecule is CC1(C)S[C@@H]2[C@H](N(C(=O)OCc3ccccc3)C(=O)C(N)c3ccc(O)cc3)C(=O)N2[C@H]1C(=O)O. The Morgan fingerprint density at radius 2 is 1.77 bits per heavy atom. The Labute approximate surface area is 205 Å². The number of benzene rings is 2. The van der Waals surface area contributed by atoms with E-state index in [1.165, 1.54) is 40.9 Å². The van der Waals surface area contributed by atoms with E-state index in [-0.39, 0.29) is 12.4 Å². The number of amides is 3. The number of carbonyl (C=O) groups is 4. The maximum atomic E-state index is 13.5. The molecule has 2 fully saturated rings. The molecule has 0 bridgehead atoms.